The third-order valence-corrected chi connectivity index (χ3v) is 11.4. The van der Waals surface area contributed by atoms with Crippen molar-refractivity contribution in [3.63, 3.8) is 0 Å². The molecule has 2 aliphatic rings. The van der Waals surface area contributed by atoms with Gasteiger partial charge in [0.25, 0.3) is 5.91 Å². The molecule has 1 aromatic carbocycles. The maximum atomic E-state index is 13.2. The van der Waals surface area contributed by atoms with Gasteiger partial charge in [0.2, 0.25) is 5.88 Å². The lowest BCUT2D eigenvalue weighted by Crippen LogP contribution is -2.45. The summed E-state index contributed by atoms with van der Waals surface area (Å²) >= 11 is 7.47. The number of aromatic nitrogens is 4. The summed E-state index contributed by atoms with van der Waals surface area (Å²) in [7, 11) is 0. The summed E-state index contributed by atoms with van der Waals surface area (Å²) in [4.78, 5) is 37.1. The first kappa shape index (κ1) is 43.9. The lowest BCUT2D eigenvalue weighted by molar-refractivity contribution is -0.189. The van der Waals surface area contributed by atoms with E-state index in [1.165, 1.54) is 10.7 Å². The van der Waals surface area contributed by atoms with Gasteiger partial charge in [-0.15, -0.1) is 5.10 Å². The van der Waals surface area contributed by atoms with E-state index in [9.17, 15) is 22.8 Å². The van der Waals surface area contributed by atoms with Crippen LogP contribution in [0.5, 0.6) is 11.6 Å². The van der Waals surface area contributed by atoms with Crippen LogP contribution in [-0.4, -0.2) is 73.7 Å². The number of likely N-dealkylation sites (tertiary alicyclic amines) is 1. The Kier molecular flexibility index (Phi) is 13.6. The van der Waals surface area contributed by atoms with Gasteiger partial charge in [-0.2, -0.15) is 13.2 Å². The first-order valence-corrected chi connectivity index (χ1v) is 20.9. The summed E-state index contributed by atoms with van der Waals surface area (Å²) < 4.78 is 61.2. The molecule has 0 spiro atoms. The van der Waals surface area contributed by atoms with E-state index < -0.39 is 23.1 Å². The predicted molar refractivity (Wildman–Crippen MR) is 220 cm³/mol. The zero-order valence-corrected chi connectivity index (χ0v) is 35.5. The number of amides is 2. The lowest BCUT2D eigenvalue weighted by atomic mass is 9.93. The van der Waals surface area contributed by atoms with Crippen LogP contribution in [0.3, 0.4) is 0 Å². The van der Waals surface area contributed by atoms with Crippen molar-refractivity contribution in [2.75, 3.05) is 25.0 Å². The molecule has 1 aliphatic carbocycles. The molecule has 12 nitrogen and oxygen atoms in total. The lowest BCUT2D eigenvalue weighted by Gasteiger charge is -2.33. The van der Waals surface area contributed by atoms with Gasteiger partial charge in [-0.05, 0) is 115 Å². The Morgan fingerprint density at radius 2 is 1.75 bits per heavy atom. The van der Waals surface area contributed by atoms with Crippen LogP contribution in [0.25, 0.3) is 5.82 Å². The van der Waals surface area contributed by atoms with E-state index in [0.29, 0.717) is 48.0 Å². The number of hydrogen-bond acceptors (Lipinski definition) is 10. The van der Waals surface area contributed by atoms with Crippen LogP contribution < -0.4 is 19.5 Å². The number of anilines is 1. The van der Waals surface area contributed by atoms with Crippen LogP contribution in [0.1, 0.15) is 95.5 Å². The third kappa shape index (κ3) is 11.7. The summed E-state index contributed by atoms with van der Waals surface area (Å²) in [6.07, 6.45) is 0.340. The van der Waals surface area contributed by atoms with Gasteiger partial charge < -0.3 is 24.4 Å². The number of benzene rings is 1. The molecule has 4 aromatic rings. The molecule has 1 saturated heterocycles. The average molecular weight is 858 g/mol. The number of rotatable bonds is 17. The van der Waals surface area contributed by atoms with Crippen molar-refractivity contribution in [1.82, 2.24) is 29.4 Å². The van der Waals surface area contributed by atoms with E-state index in [1.54, 1.807) is 24.4 Å². The number of nitrogens with zero attached hydrogens (tertiary/aromatic N) is 5. The Morgan fingerprint density at radius 1 is 0.983 bits per heavy atom. The van der Waals surface area contributed by atoms with Gasteiger partial charge in [-0.25, -0.2) is 19.4 Å². The highest BCUT2D eigenvalue weighted by Crippen LogP contribution is 2.60. The smallest absolute Gasteiger partial charge is 0.410 e. The molecule has 0 bridgehead atoms. The molecule has 2 amide bonds. The molecule has 17 heteroatoms. The molecule has 6 rings (SSSR count). The van der Waals surface area contributed by atoms with Crippen LogP contribution in [0.15, 0.2) is 71.9 Å². The number of hydrogen-bond donors (Lipinski definition) is 2. The minimum absolute atomic E-state index is 0.0258. The molecule has 59 heavy (non-hydrogen) atoms. The van der Waals surface area contributed by atoms with Crippen LogP contribution in [-0.2, 0) is 11.3 Å². The van der Waals surface area contributed by atoms with E-state index in [-0.39, 0.29) is 60.5 Å². The van der Waals surface area contributed by atoms with Crippen LogP contribution in [0.2, 0.25) is 5.15 Å². The molecule has 1 aliphatic heterocycles. The fraction of sp³-hybridized carbons (Fsp3) is 0.500. The minimum atomic E-state index is -4.19. The summed E-state index contributed by atoms with van der Waals surface area (Å²) in [5, 5.41) is 8.17. The minimum Gasteiger partial charge on any atom is -0.485 e. The second-order valence-corrected chi connectivity index (χ2v) is 17.9. The summed E-state index contributed by atoms with van der Waals surface area (Å²) in [6.45, 7) is 11.5. The molecule has 2 N–H and O–H groups in total. The third-order valence-electron chi connectivity index (χ3n) is 10.4. The van der Waals surface area contributed by atoms with Gasteiger partial charge >= 0.3 is 12.3 Å². The Bertz CT molecular complexity index is 2080. The number of pyridine rings is 2. The van der Waals surface area contributed by atoms with Gasteiger partial charge in [-0.3, -0.25) is 9.52 Å². The molecular weight excluding hydrogens is 807 g/mol. The maximum Gasteiger partial charge on any atom is 0.410 e. The monoisotopic (exact) mass is 857 g/mol. The number of alkyl halides is 3. The maximum absolute atomic E-state index is 13.2. The number of halogens is 4. The second-order valence-electron chi connectivity index (χ2n) is 16.7. The molecule has 1 atom stereocenters. The fourth-order valence-corrected chi connectivity index (χ4v) is 7.90. The Hall–Kier alpha value is -4.70. The molecule has 2 fully saturated rings. The van der Waals surface area contributed by atoms with Crippen LogP contribution in [0, 0.1) is 11.3 Å². The number of nitrogens with one attached hydrogen (secondary N) is 2. The number of carbonyl (C=O) groups is 2. The van der Waals surface area contributed by atoms with Crippen molar-refractivity contribution in [3.05, 3.63) is 83.1 Å². The highest BCUT2D eigenvalue weighted by molar-refractivity contribution is 7.97. The largest absolute Gasteiger partial charge is 0.485 e. The standard InChI is InChI=1S/C42H51ClF3N7O5S/c1-39(2,3)58-38(55)52-26-29(25-40(52,4)5)13-9-22-47-36-31(57-27-28-11-7-6-8-12-28)15-17-34(49-36)59-51-37(54)30-14-16-32(48-35(30)43)53-23-18-33(50-53)56-24-10-19-41(20-21-41)42(44,45)46/h6-8,11-12,14-18,23,29H,9-10,13,19-22,24-27H2,1-5H3,(H,47,49)(H,51,54). The molecule has 4 heterocycles. The highest BCUT2D eigenvalue weighted by Gasteiger charge is 2.62. The topological polar surface area (TPSA) is 133 Å². The Morgan fingerprint density at radius 3 is 2.44 bits per heavy atom. The average Bonchev–Trinajstić information content (AvgIpc) is 3.72. The molecule has 318 valence electrons. The molecule has 0 radical (unpaired) electrons. The second kappa shape index (κ2) is 18.3. The normalized spacial score (nSPS) is 17.0. The zero-order chi connectivity index (χ0) is 42.4. The molecule has 3 aromatic heterocycles. The van der Waals surface area contributed by atoms with Crippen LogP contribution >= 0.6 is 23.5 Å². The van der Waals surface area contributed by atoms with Crippen molar-refractivity contribution < 1.29 is 37.0 Å². The number of carbonyl (C=O) groups excluding carboxylic acids is 2. The predicted octanol–water partition coefficient (Wildman–Crippen LogP) is 10.1. The van der Waals surface area contributed by atoms with Gasteiger partial charge in [0.05, 0.1) is 17.6 Å². The first-order chi connectivity index (χ1) is 27.9. The van der Waals surface area contributed by atoms with Gasteiger partial charge in [-0.1, -0.05) is 41.9 Å². The fourth-order valence-electron chi connectivity index (χ4n) is 7.08. The molecule has 1 unspecified atom stereocenters. The highest BCUT2D eigenvalue weighted by atomic mass is 35.5. The van der Waals surface area contributed by atoms with Gasteiger partial charge in [0.1, 0.15) is 22.4 Å². The molecular formula is C42H51ClF3N7O5S. The summed E-state index contributed by atoms with van der Waals surface area (Å²) in [5.74, 6) is 1.49. The molecule has 1 saturated carbocycles. The summed E-state index contributed by atoms with van der Waals surface area (Å²) in [6, 6.07) is 18.0. The van der Waals surface area contributed by atoms with Crippen molar-refractivity contribution in [1.29, 1.82) is 0 Å². The quantitative estimate of drug-likeness (QED) is 0.0601. The van der Waals surface area contributed by atoms with E-state index in [2.05, 4.69) is 34.0 Å². The van der Waals surface area contributed by atoms with Gasteiger partial charge in [0.15, 0.2) is 17.4 Å². The van der Waals surface area contributed by atoms with Crippen LogP contribution in [0.4, 0.5) is 23.8 Å². The van der Waals surface area contributed by atoms with E-state index >= 15 is 0 Å². The van der Waals surface area contributed by atoms with Gasteiger partial charge in [0, 0.05) is 42.8 Å². The van der Waals surface area contributed by atoms with E-state index in [4.69, 9.17) is 30.8 Å². The van der Waals surface area contributed by atoms with E-state index in [0.717, 1.165) is 36.8 Å². The Labute approximate surface area is 352 Å². The number of ether oxygens (including phenoxy) is 3. The van der Waals surface area contributed by atoms with Crippen molar-refractivity contribution in [3.8, 4) is 17.4 Å². The van der Waals surface area contributed by atoms with Crippen molar-refractivity contribution in [2.24, 2.45) is 11.3 Å². The van der Waals surface area contributed by atoms with E-state index in [1.807, 2.05) is 62.1 Å². The Balaban J connectivity index is 1.02. The zero-order valence-electron chi connectivity index (χ0n) is 33.9. The summed E-state index contributed by atoms with van der Waals surface area (Å²) in [5.41, 5.74) is -1.29. The van der Waals surface area contributed by atoms with Crippen molar-refractivity contribution >= 4 is 41.4 Å². The first-order valence-electron chi connectivity index (χ1n) is 19.7. The van der Waals surface area contributed by atoms with Crippen molar-refractivity contribution in [2.45, 2.75) is 109 Å². The SMILES string of the molecule is CC(C)(C)OC(=O)N1CC(CCCNc2nc(SNC(=O)c3ccc(-n4ccc(OCCCC5(C(F)(F)F)CC5)n4)nc3Cl)ccc2OCc2ccccc2)CC1(C)C.